The Kier molecular flexibility index (Phi) is 7.74. The van der Waals surface area contributed by atoms with Crippen LogP contribution in [-0.4, -0.2) is 40.8 Å². The maximum Gasteiger partial charge on any atom is 0.323 e. The van der Waals surface area contributed by atoms with E-state index >= 15 is 0 Å². The first-order chi connectivity index (χ1) is 17.4. The van der Waals surface area contributed by atoms with Crippen LogP contribution in [0, 0.1) is 12.7 Å². The van der Waals surface area contributed by atoms with Gasteiger partial charge in [-0.25, -0.2) is 14.2 Å². The van der Waals surface area contributed by atoms with Gasteiger partial charge in [-0.05, 0) is 73.9 Å². The van der Waals surface area contributed by atoms with Crippen molar-refractivity contribution in [3.8, 4) is 11.5 Å². The van der Waals surface area contributed by atoms with Crippen LogP contribution in [-0.2, 0) is 9.59 Å². The number of pyridine rings is 1. The first-order valence-electron chi connectivity index (χ1n) is 11.5. The molecule has 0 spiro atoms. The Morgan fingerprint density at radius 2 is 1.58 bits per heavy atom. The monoisotopic (exact) mass is 491 g/mol. The maximum atomic E-state index is 13.0. The van der Waals surface area contributed by atoms with Crippen molar-refractivity contribution in [3.05, 3.63) is 72.2 Å². The Morgan fingerprint density at radius 3 is 2.28 bits per heavy atom. The van der Waals surface area contributed by atoms with E-state index in [4.69, 9.17) is 4.74 Å². The molecule has 1 saturated heterocycles. The van der Waals surface area contributed by atoms with Crippen molar-refractivity contribution in [3.63, 3.8) is 0 Å². The van der Waals surface area contributed by atoms with Crippen LogP contribution in [0.5, 0.6) is 11.5 Å². The fraction of sp³-hybridized carbons (Fsp3) is 0.231. The smallest absolute Gasteiger partial charge is 0.323 e. The molecule has 2 aromatic carbocycles. The average molecular weight is 492 g/mol. The number of likely N-dealkylation sites (tertiary alicyclic amines) is 1. The van der Waals surface area contributed by atoms with Gasteiger partial charge in [0.1, 0.15) is 29.6 Å². The second-order valence-corrected chi connectivity index (χ2v) is 8.36. The van der Waals surface area contributed by atoms with E-state index in [1.165, 1.54) is 24.3 Å². The van der Waals surface area contributed by atoms with Crippen LogP contribution < -0.4 is 20.7 Å². The number of carbonyl (C=O) groups excluding carboxylic acids is 3. The minimum atomic E-state index is -0.513. The first kappa shape index (κ1) is 24.6. The lowest BCUT2D eigenvalue weighted by Crippen LogP contribution is -2.32. The van der Waals surface area contributed by atoms with Gasteiger partial charge >= 0.3 is 6.03 Å². The van der Waals surface area contributed by atoms with Gasteiger partial charge in [0.2, 0.25) is 11.8 Å². The molecule has 0 unspecified atom stereocenters. The van der Waals surface area contributed by atoms with E-state index in [9.17, 15) is 18.8 Å². The molecular weight excluding hydrogens is 465 g/mol. The highest BCUT2D eigenvalue weighted by molar-refractivity contribution is 6.08. The highest BCUT2D eigenvalue weighted by Crippen LogP contribution is 2.28. The van der Waals surface area contributed by atoms with Crippen molar-refractivity contribution in [2.45, 2.75) is 26.2 Å². The van der Waals surface area contributed by atoms with E-state index < -0.39 is 24.1 Å². The van der Waals surface area contributed by atoms with Gasteiger partial charge in [-0.3, -0.25) is 14.9 Å². The van der Waals surface area contributed by atoms with Gasteiger partial charge in [0.25, 0.3) is 0 Å². The van der Waals surface area contributed by atoms with Crippen LogP contribution in [0.2, 0.25) is 0 Å². The number of ether oxygens (including phenoxy) is 1. The fourth-order valence-corrected chi connectivity index (χ4v) is 3.71. The predicted molar refractivity (Wildman–Crippen MR) is 134 cm³/mol. The lowest BCUT2D eigenvalue weighted by atomic mass is 10.2. The van der Waals surface area contributed by atoms with Crippen molar-refractivity contribution in [1.82, 2.24) is 9.88 Å². The second kappa shape index (κ2) is 11.3. The van der Waals surface area contributed by atoms with E-state index in [1.54, 1.807) is 41.4 Å². The SMILES string of the molecule is Cc1cc(NC(=O)CC(=O)Nc2ccc(F)cc2)ccc1Oc1ccnc(NC(=O)N2CCCC2)c1. The van der Waals surface area contributed by atoms with Gasteiger partial charge < -0.3 is 20.3 Å². The predicted octanol–water partition coefficient (Wildman–Crippen LogP) is 4.92. The molecule has 3 aromatic rings. The number of hydrogen-bond donors (Lipinski definition) is 3. The third-order valence-corrected chi connectivity index (χ3v) is 5.50. The van der Waals surface area contributed by atoms with Gasteiger partial charge in [-0.15, -0.1) is 0 Å². The molecule has 0 saturated carbocycles. The molecule has 0 aliphatic carbocycles. The van der Waals surface area contributed by atoms with E-state index in [1.807, 2.05) is 6.92 Å². The highest BCUT2D eigenvalue weighted by atomic mass is 19.1. The largest absolute Gasteiger partial charge is 0.457 e. The quantitative estimate of drug-likeness (QED) is 0.406. The second-order valence-electron chi connectivity index (χ2n) is 8.36. The fourth-order valence-electron chi connectivity index (χ4n) is 3.71. The summed E-state index contributed by atoms with van der Waals surface area (Å²) in [5.41, 5.74) is 1.66. The normalized spacial score (nSPS) is 12.7. The Morgan fingerprint density at radius 1 is 0.917 bits per heavy atom. The molecule has 36 heavy (non-hydrogen) atoms. The molecule has 10 heteroatoms. The third-order valence-electron chi connectivity index (χ3n) is 5.50. The summed E-state index contributed by atoms with van der Waals surface area (Å²) in [5.74, 6) is 0.0347. The number of rotatable bonds is 7. The number of amides is 4. The lowest BCUT2D eigenvalue weighted by Gasteiger charge is -2.16. The molecule has 9 nitrogen and oxygen atoms in total. The molecular formula is C26H26FN5O4. The Hall–Kier alpha value is -4.47. The first-order valence-corrected chi connectivity index (χ1v) is 11.5. The molecule has 2 heterocycles. The summed E-state index contributed by atoms with van der Waals surface area (Å²) in [6, 6.07) is 13.5. The number of nitrogens with one attached hydrogen (secondary N) is 3. The van der Waals surface area contributed by atoms with Crippen molar-refractivity contribution in [1.29, 1.82) is 0 Å². The van der Waals surface area contributed by atoms with Gasteiger partial charge in [-0.1, -0.05) is 0 Å². The zero-order valence-corrected chi connectivity index (χ0v) is 19.7. The molecule has 0 atom stereocenters. The maximum absolute atomic E-state index is 13.0. The van der Waals surface area contributed by atoms with Crippen LogP contribution in [0.1, 0.15) is 24.8 Å². The number of halogens is 1. The Labute approximate surface area is 207 Å². The third kappa shape index (κ3) is 6.78. The highest BCUT2D eigenvalue weighted by Gasteiger charge is 2.18. The van der Waals surface area contributed by atoms with Crippen LogP contribution in [0.3, 0.4) is 0 Å². The number of carbonyl (C=O) groups is 3. The summed E-state index contributed by atoms with van der Waals surface area (Å²) in [5, 5.41) is 8.01. The molecule has 1 aliphatic rings. The molecule has 1 fully saturated rings. The van der Waals surface area contributed by atoms with E-state index in [-0.39, 0.29) is 6.03 Å². The van der Waals surface area contributed by atoms with Gasteiger partial charge in [0, 0.05) is 36.7 Å². The number of nitrogens with zero attached hydrogens (tertiary/aromatic N) is 2. The van der Waals surface area contributed by atoms with Crippen LogP contribution in [0.4, 0.5) is 26.4 Å². The molecule has 3 N–H and O–H groups in total. The molecule has 4 rings (SSSR count). The molecule has 1 aliphatic heterocycles. The number of anilines is 3. The number of urea groups is 1. The van der Waals surface area contributed by atoms with Crippen molar-refractivity contribution < 1.29 is 23.5 Å². The summed E-state index contributed by atoms with van der Waals surface area (Å²) in [6.07, 6.45) is 3.17. The number of hydrogen-bond acceptors (Lipinski definition) is 5. The molecule has 186 valence electrons. The Balaban J connectivity index is 1.31. The summed E-state index contributed by atoms with van der Waals surface area (Å²) < 4.78 is 18.9. The minimum absolute atomic E-state index is 0.181. The van der Waals surface area contributed by atoms with Crippen molar-refractivity contribution >= 4 is 35.0 Å². The van der Waals surface area contributed by atoms with Crippen LogP contribution in [0.25, 0.3) is 0 Å². The number of aryl methyl sites for hydroxylation is 1. The van der Waals surface area contributed by atoms with Gasteiger partial charge in [0.05, 0.1) is 0 Å². The number of benzene rings is 2. The standard InChI is InChI=1S/C26H26FN5O4/c1-17-14-20(30-25(34)16-24(33)29-19-6-4-18(27)5-7-19)8-9-22(17)36-21-10-11-28-23(15-21)31-26(35)32-12-2-3-13-32/h4-11,14-15H,2-3,12-13,16H2,1H3,(H,29,33)(H,30,34)(H,28,31,35). The van der Waals surface area contributed by atoms with Crippen LogP contribution >= 0.6 is 0 Å². The summed E-state index contributed by atoms with van der Waals surface area (Å²) in [7, 11) is 0. The van der Waals surface area contributed by atoms with Crippen molar-refractivity contribution in [2.75, 3.05) is 29.0 Å². The molecule has 1 aromatic heterocycles. The minimum Gasteiger partial charge on any atom is -0.457 e. The lowest BCUT2D eigenvalue weighted by molar-refractivity contribution is -0.123. The topological polar surface area (TPSA) is 113 Å². The van der Waals surface area contributed by atoms with Gasteiger partial charge in [0.15, 0.2) is 0 Å². The van der Waals surface area contributed by atoms with E-state index in [0.717, 1.165) is 31.5 Å². The Bertz CT molecular complexity index is 1260. The van der Waals surface area contributed by atoms with Crippen LogP contribution in [0.15, 0.2) is 60.8 Å². The molecule has 4 amide bonds. The van der Waals surface area contributed by atoms with E-state index in [0.29, 0.717) is 28.7 Å². The summed E-state index contributed by atoms with van der Waals surface area (Å²) in [4.78, 5) is 42.6. The van der Waals surface area contributed by atoms with E-state index in [2.05, 4.69) is 20.9 Å². The zero-order valence-electron chi connectivity index (χ0n) is 19.7. The molecule has 0 bridgehead atoms. The summed E-state index contributed by atoms with van der Waals surface area (Å²) in [6.45, 7) is 3.30. The zero-order chi connectivity index (χ0) is 25.5. The van der Waals surface area contributed by atoms with Crippen molar-refractivity contribution in [2.24, 2.45) is 0 Å². The molecule has 0 radical (unpaired) electrons. The van der Waals surface area contributed by atoms with Gasteiger partial charge in [-0.2, -0.15) is 0 Å². The average Bonchev–Trinajstić information content (AvgIpc) is 3.38. The summed E-state index contributed by atoms with van der Waals surface area (Å²) >= 11 is 0. The number of aromatic nitrogens is 1.